The molecule has 0 spiro atoms. The van der Waals surface area contributed by atoms with Gasteiger partial charge in [-0.1, -0.05) is 23.8 Å². The maximum atomic E-state index is 11.8. The van der Waals surface area contributed by atoms with Gasteiger partial charge in [0.25, 0.3) is 0 Å². The molecule has 0 bridgehead atoms. The van der Waals surface area contributed by atoms with Crippen molar-refractivity contribution >= 4 is 23.5 Å². The monoisotopic (exact) mass is 287 g/mol. The van der Waals surface area contributed by atoms with E-state index in [-0.39, 0.29) is 11.2 Å². The van der Waals surface area contributed by atoms with Crippen LogP contribution in [-0.2, 0) is 4.79 Å². The molecule has 4 nitrogen and oxygen atoms in total. The number of nitrogens with one attached hydrogen (secondary N) is 2. The number of hydrogen-bond donors (Lipinski definition) is 2. The van der Waals surface area contributed by atoms with Crippen molar-refractivity contribution in [2.45, 2.75) is 26.0 Å². The quantitative estimate of drug-likeness (QED) is 0.847. The smallest absolute Gasteiger partial charge is 0.235 e. The average Bonchev–Trinajstić information content (AvgIpc) is 2.65. The van der Waals surface area contributed by atoms with Crippen LogP contribution in [0.3, 0.4) is 0 Å². The van der Waals surface area contributed by atoms with Crippen LogP contribution in [0.4, 0.5) is 5.82 Å². The molecule has 2 heterocycles. The van der Waals surface area contributed by atoms with E-state index in [1.807, 2.05) is 6.92 Å². The fourth-order valence-corrected chi connectivity index (χ4v) is 3.92. The third-order valence-electron chi connectivity index (χ3n) is 3.60. The van der Waals surface area contributed by atoms with E-state index in [9.17, 15) is 4.79 Å². The number of amides is 1. The number of carbonyl (C=O) groups is 1. The summed E-state index contributed by atoms with van der Waals surface area (Å²) in [5, 5.41) is 10.2. The van der Waals surface area contributed by atoms with E-state index in [1.54, 1.807) is 11.8 Å². The van der Waals surface area contributed by atoms with E-state index >= 15 is 0 Å². The van der Waals surface area contributed by atoms with Crippen LogP contribution in [0.1, 0.15) is 33.2 Å². The predicted molar refractivity (Wildman–Crippen MR) is 82.2 cm³/mol. The van der Waals surface area contributed by atoms with Crippen molar-refractivity contribution in [1.82, 2.24) is 10.2 Å². The van der Waals surface area contributed by atoms with Crippen LogP contribution in [0.25, 0.3) is 0 Å². The maximum absolute atomic E-state index is 11.8. The third-order valence-corrected chi connectivity index (χ3v) is 4.86. The highest BCUT2D eigenvalue weighted by molar-refractivity contribution is 8.00. The topological polar surface area (TPSA) is 57.8 Å². The zero-order valence-electron chi connectivity index (χ0n) is 11.8. The summed E-state index contributed by atoms with van der Waals surface area (Å²) in [4.78, 5) is 11.8. The number of fused-ring (bicyclic) bond motifs is 1. The summed E-state index contributed by atoms with van der Waals surface area (Å²) in [6, 6.07) is 6.47. The van der Waals surface area contributed by atoms with Crippen molar-refractivity contribution in [2.24, 2.45) is 0 Å². The lowest BCUT2D eigenvalue weighted by Gasteiger charge is -2.18. The average molecular weight is 287 g/mol. The molecule has 5 heteroatoms. The molecule has 1 atom stereocenters. The number of aromatic amines is 1. The van der Waals surface area contributed by atoms with Crippen LogP contribution < -0.4 is 5.32 Å². The molecule has 0 saturated carbocycles. The highest BCUT2D eigenvalue weighted by Crippen LogP contribution is 2.43. The Morgan fingerprint density at radius 3 is 2.85 bits per heavy atom. The molecule has 20 heavy (non-hydrogen) atoms. The Morgan fingerprint density at radius 2 is 2.10 bits per heavy atom. The minimum absolute atomic E-state index is 0.00927. The molecule has 0 saturated heterocycles. The van der Waals surface area contributed by atoms with Gasteiger partial charge in [0.1, 0.15) is 0 Å². The van der Waals surface area contributed by atoms with Gasteiger partial charge in [-0.25, -0.2) is 0 Å². The fraction of sp³-hybridized carbons (Fsp3) is 0.333. The Labute approximate surface area is 122 Å². The van der Waals surface area contributed by atoms with Gasteiger partial charge in [-0.05, 0) is 31.9 Å². The number of benzene rings is 1. The van der Waals surface area contributed by atoms with E-state index in [1.165, 1.54) is 16.7 Å². The van der Waals surface area contributed by atoms with Crippen LogP contribution in [0.5, 0.6) is 0 Å². The van der Waals surface area contributed by atoms with Gasteiger partial charge in [0.2, 0.25) is 5.91 Å². The molecule has 3 rings (SSSR count). The van der Waals surface area contributed by atoms with Crippen LogP contribution >= 0.6 is 11.8 Å². The van der Waals surface area contributed by atoms with Crippen molar-refractivity contribution in [1.29, 1.82) is 0 Å². The predicted octanol–water partition coefficient (Wildman–Crippen LogP) is 3.11. The standard InChI is InChI=1S/C15H17N3OS/c1-8-4-5-11(9(2)6-8)14-13-10(3)17-18-15(13)16-12(19)7-20-14/h4-6,14H,7H2,1-3H3,(H2,16,17,18,19)/t14-/m0/s1. The van der Waals surface area contributed by atoms with Crippen molar-refractivity contribution in [3.8, 4) is 0 Å². The van der Waals surface area contributed by atoms with E-state index in [2.05, 4.69) is 47.6 Å². The lowest BCUT2D eigenvalue weighted by Crippen LogP contribution is -2.12. The van der Waals surface area contributed by atoms with Crippen LogP contribution in [0, 0.1) is 20.8 Å². The Kier molecular flexibility index (Phi) is 3.30. The van der Waals surface area contributed by atoms with Gasteiger partial charge < -0.3 is 5.32 Å². The van der Waals surface area contributed by atoms with Crippen molar-refractivity contribution < 1.29 is 4.79 Å². The molecule has 1 aliphatic heterocycles. The summed E-state index contributed by atoms with van der Waals surface area (Å²) < 4.78 is 0. The van der Waals surface area contributed by atoms with Gasteiger partial charge in [0.15, 0.2) is 5.82 Å². The summed E-state index contributed by atoms with van der Waals surface area (Å²) in [6.07, 6.45) is 0. The Hall–Kier alpha value is -1.75. The number of nitrogens with zero attached hydrogens (tertiary/aromatic N) is 1. The normalized spacial score (nSPS) is 18.4. The number of aromatic nitrogens is 2. The second-order valence-corrected chi connectivity index (χ2v) is 6.30. The van der Waals surface area contributed by atoms with Crippen molar-refractivity contribution in [2.75, 3.05) is 11.1 Å². The summed E-state index contributed by atoms with van der Waals surface area (Å²) >= 11 is 1.65. The van der Waals surface area contributed by atoms with Crippen molar-refractivity contribution in [3.63, 3.8) is 0 Å². The zero-order chi connectivity index (χ0) is 14.3. The first-order valence-corrected chi connectivity index (χ1v) is 7.64. The van der Waals surface area contributed by atoms with Gasteiger partial charge in [0.05, 0.1) is 11.0 Å². The second-order valence-electron chi connectivity index (χ2n) is 5.21. The van der Waals surface area contributed by atoms with E-state index in [0.29, 0.717) is 11.6 Å². The van der Waals surface area contributed by atoms with Crippen molar-refractivity contribution in [3.05, 3.63) is 46.1 Å². The number of aryl methyl sites for hydroxylation is 3. The molecular formula is C15H17N3OS. The Bertz CT molecular complexity index is 678. The summed E-state index contributed by atoms with van der Waals surface area (Å²) in [5.41, 5.74) is 5.86. The summed E-state index contributed by atoms with van der Waals surface area (Å²) in [5.74, 6) is 1.13. The first-order valence-electron chi connectivity index (χ1n) is 6.59. The second kappa shape index (κ2) is 4.98. The van der Waals surface area contributed by atoms with Crippen LogP contribution in [-0.4, -0.2) is 21.9 Å². The molecule has 1 aliphatic rings. The van der Waals surface area contributed by atoms with Gasteiger partial charge >= 0.3 is 0 Å². The molecule has 0 fully saturated rings. The lowest BCUT2D eigenvalue weighted by molar-refractivity contribution is -0.113. The molecule has 0 unspecified atom stereocenters. The molecule has 2 N–H and O–H groups in total. The molecule has 0 radical (unpaired) electrons. The van der Waals surface area contributed by atoms with Gasteiger partial charge in [-0.3, -0.25) is 9.89 Å². The molecule has 1 aromatic heterocycles. The minimum Gasteiger partial charge on any atom is -0.308 e. The SMILES string of the molecule is Cc1ccc([C@@H]2SCC(=O)Nc3n[nH]c(C)c32)c(C)c1. The third kappa shape index (κ3) is 2.22. The van der Waals surface area contributed by atoms with E-state index in [4.69, 9.17) is 0 Å². The van der Waals surface area contributed by atoms with E-state index < -0.39 is 0 Å². The highest BCUT2D eigenvalue weighted by Gasteiger charge is 2.28. The largest absolute Gasteiger partial charge is 0.308 e. The Morgan fingerprint density at radius 1 is 1.30 bits per heavy atom. The number of thioether (sulfide) groups is 1. The van der Waals surface area contributed by atoms with E-state index in [0.717, 1.165) is 11.3 Å². The first kappa shape index (κ1) is 13.2. The summed E-state index contributed by atoms with van der Waals surface area (Å²) in [7, 11) is 0. The molecular weight excluding hydrogens is 270 g/mol. The van der Waals surface area contributed by atoms with Gasteiger partial charge in [0, 0.05) is 11.3 Å². The summed E-state index contributed by atoms with van der Waals surface area (Å²) in [6.45, 7) is 6.22. The number of rotatable bonds is 1. The zero-order valence-corrected chi connectivity index (χ0v) is 12.6. The number of anilines is 1. The fourth-order valence-electron chi connectivity index (χ4n) is 2.63. The minimum atomic E-state index is 0.00927. The molecule has 1 aromatic carbocycles. The number of carbonyl (C=O) groups excluding carboxylic acids is 1. The molecule has 1 amide bonds. The van der Waals surface area contributed by atoms with Crippen LogP contribution in [0.2, 0.25) is 0 Å². The van der Waals surface area contributed by atoms with Crippen LogP contribution in [0.15, 0.2) is 18.2 Å². The highest BCUT2D eigenvalue weighted by atomic mass is 32.2. The molecule has 0 aliphatic carbocycles. The molecule has 2 aromatic rings. The molecule has 104 valence electrons. The number of hydrogen-bond acceptors (Lipinski definition) is 3. The first-order chi connectivity index (χ1) is 9.56. The van der Waals surface area contributed by atoms with Gasteiger partial charge in [-0.15, -0.1) is 11.8 Å². The maximum Gasteiger partial charge on any atom is 0.235 e. The Balaban J connectivity index is 2.13. The lowest BCUT2D eigenvalue weighted by atomic mass is 9.98. The van der Waals surface area contributed by atoms with Gasteiger partial charge in [-0.2, -0.15) is 5.10 Å². The number of H-pyrrole nitrogens is 1.